The number of fused-ring (bicyclic) bond motifs is 3. The average molecular weight is 501 g/mol. The van der Waals surface area contributed by atoms with Gasteiger partial charge in [0.15, 0.2) is 0 Å². The van der Waals surface area contributed by atoms with Crippen molar-refractivity contribution in [2.24, 2.45) is 0 Å². The smallest absolute Gasteiger partial charge is 0.393 e. The largest absolute Gasteiger partial charge is 0.417 e. The van der Waals surface area contributed by atoms with Crippen molar-refractivity contribution in [1.82, 2.24) is 14.9 Å². The first kappa shape index (κ1) is 24.5. The number of aliphatic hydroxyl groups is 1. The number of pyridine rings is 2. The number of halogens is 3. The molecular weight excluding hydrogens is 473 g/mol. The standard InChI is InChI=1S/C26H27F3N4O3/c1-14-23-21(13-36-14)20-9-15(5-8-22(20)32-24(23)30)25(35)33(18-3-2-4-19(34)10-18)12-17-7-6-16(11-31-17)26(27,28)29/h5-9,11,14,18-19,34H,2-4,10,12-13H2,1H3,(H2,30,32)/t14-,18+,19+/m0/s1. The van der Waals surface area contributed by atoms with Crippen molar-refractivity contribution in [2.75, 3.05) is 5.73 Å². The molecule has 0 unspecified atom stereocenters. The number of carbonyl (C=O) groups is 1. The summed E-state index contributed by atoms with van der Waals surface area (Å²) >= 11 is 0. The maximum atomic E-state index is 13.8. The van der Waals surface area contributed by atoms with Crippen LogP contribution in [-0.2, 0) is 24.1 Å². The van der Waals surface area contributed by atoms with Gasteiger partial charge in [0.25, 0.3) is 5.91 Å². The van der Waals surface area contributed by atoms with Crippen LogP contribution < -0.4 is 5.73 Å². The number of hydrogen-bond donors (Lipinski definition) is 2. The highest BCUT2D eigenvalue weighted by molar-refractivity contribution is 5.99. The van der Waals surface area contributed by atoms with Crippen molar-refractivity contribution in [2.45, 2.75) is 70.2 Å². The van der Waals surface area contributed by atoms with E-state index in [4.69, 9.17) is 10.5 Å². The summed E-state index contributed by atoms with van der Waals surface area (Å²) in [7, 11) is 0. The molecular formula is C26H27F3N4O3. The molecule has 1 amide bonds. The van der Waals surface area contributed by atoms with E-state index in [1.54, 1.807) is 23.1 Å². The summed E-state index contributed by atoms with van der Waals surface area (Å²) in [4.78, 5) is 23.9. The van der Waals surface area contributed by atoms with Gasteiger partial charge in [-0.2, -0.15) is 13.2 Å². The number of nitrogens with two attached hydrogens (primary N) is 1. The lowest BCUT2D eigenvalue weighted by Gasteiger charge is -2.36. The highest BCUT2D eigenvalue weighted by Crippen LogP contribution is 2.38. The summed E-state index contributed by atoms with van der Waals surface area (Å²) in [6, 6.07) is 7.19. The minimum absolute atomic E-state index is 0.0324. The Morgan fingerprint density at radius 2 is 2.06 bits per heavy atom. The van der Waals surface area contributed by atoms with Crippen LogP contribution in [0.4, 0.5) is 19.0 Å². The maximum Gasteiger partial charge on any atom is 0.417 e. The number of anilines is 1. The molecule has 3 atom stereocenters. The van der Waals surface area contributed by atoms with E-state index in [9.17, 15) is 23.1 Å². The molecule has 10 heteroatoms. The molecule has 0 spiro atoms. The highest BCUT2D eigenvalue weighted by atomic mass is 19.4. The Morgan fingerprint density at radius 1 is 1.25 bits per heavy atom. The number of amides is 1. The zero-order valence-electron chi connectivity index (χ0n) is 19.8. The molecule has 3 N–H and O–H groups in total. The zero-order valence-corrected chi connectivity index (χ0v) is 19.8. The monoisotopic (exact) mass is 500 g/mol. The van der Waals surface area contributed by atoms with Gasteiger partial charge in [0.1, 0.15) is 5.82 Å². The lowest BCUT2D eigenvalue weighted by molar-refractivity contribution is -0.137. The molecule has 1 aromatic carbocycles. The third-order valence-corrected chi connectivity index (χ3v) is 7.10. The van der Waals surface area contributed by atoms with E-state index in [1.165, 1.54) is 6.07 Å². The number of nitrogens with zero attached hydrogens (tertiary/aromatic N) is 3. The summed E-state index contributed by atoms with van der Waals surface area (Å²) < 4.78 is 44.7. The third kappa shape index (κ3) is 4.62. The van der Waals surface area contributed by atoms with Crippen LogP contribution in [0.2, 0.25) is 0 Å². The molecule has 190 valence electrons. The lowest BCUT2D eigenvalue weighted by Crippen LogP contribution is -2.43. The van der Waals surface area contributed by atoms with Crippen LogP contribution in [0.5, 0.6) is 0 Å². The molecule has 36 heavy (non-hydrogen) atoms. The van der Waals surface area contributed by atoms with Gasteiger partial charge < -0.3 is 20.5 Å². The second kappa shape index (κ2) is 9.33. The van der Waals surface area contributed by atoms with Gasteiger partial charge in [0, 0.05) is 28.8 Å². The quantitative estimate of drug-likeness (QED) is 0.535. The number of aliphatic hydroxyl groups excluding tert-OH is 1. The fourth-order valence-corrected chi connectivity index (χ4v) is 5.21. The van der Waals surface area contributed by atoms with Crippen molar-refractivity contribution in [3.8, 4) is 0 Å². The predicted molar refractivity (Wildman–Crippen MR) is 127 cm³/mol. The molecule has 2 aromatic heterocycles. The van der Waals surface area contributed by atoms with Gasteiger partial charge in [-0.25, -0.2) is 4.98 Å². The molecule has 5 rings (SSSR count). The van der Waals surface area contributed by atoms with Gasteiger partial charge in [-0.1, -0.05) is 0 Å². The molecule has 1 fully saturated rings. The molecule has 0 bridgehead atoms. The van der Waals surface area contributed by atoms with Crippen LogP contribution in [0.3, 0.4) is 0 Å². The van der Waals surface area contributed by atoms with E-state index in [0.717, 1.165) is 35.2 Å². The van der Waals surface area contributed by atoms with Crippen molar-refractivity contribution in [1.29, 1.82) is 0 Å². The van der Waals surface area contributed by atoms with Gasteiger partial charge in [-0.05, 0) is 68.5 Å². The number of rotatable bonds is 4. The lowest BCUT2D eigenvalue weighted by atomic mass is 9.91. The number of aromatic nitrogens is 2. The highest BCUT2D eigenvalue weighted by Gasteiger charge is 2.33. The zero-order chi connectivity index (χ0) is 25.6. The van der Waals surface area contributed by atoms with E-state index in [1.807, 2.05) is 6.92 Å². The summed E-state index contributed by atoms with van der Waals surface area (Å²) in [6.07, 6.45) is -1.94. The molecule has 7 nitrogen and oxygen atoms in total. The molecule has 0 saturated heterocycles. The Morgan fingerprint density at radius 3 is 2.75 bits per heavy atom. The molecule has 1 saturated carbocycles. The van der Waals surface area contributed by atoms with E-state index in [0.29, 0.717) is 48.5 Å². The molecule has 3 aromatic rings. The first-order valence-corrected chi connectivity index (χ1v) is 12.0. The average Bonchev–Trinajstić information content (AvgIpc) is 3.24. The van der Waals surface area contributed by atoms with Crippen molar-refractivity contribution in [3.05, 3.63) is 64.5 Å². The fraction of sp³-hybridized carbons (Fsp3) is 0.423. The fourth-order valence-electron chi connectivity index (χ4n) is 5.21. The van der Waals surface area contributed by atoms with Gasteiger partial charge >= 0.3 is 6.18 Å². The summed E-state index contributed by atoms with van der Waals surface area (Å²) in [6.45, 7) is 2.30. The van der Waals surface area contributed by atoms with Crippen LogP contribution in [0.15, 0.2) is 36.5 Å². The Bertz CT molecular complexity index is 1300. The topological polar surface area (TPSA) is 102 Å². The first-order chi connectivity index (χ1) is 17.1. The van der Waals surface area contributed by atoms with Crippen molar-refractivity contribution >= 4 is 22.6 Å². The third-order valence-electron chi connectivity index (χ3n) is 7.10. The normalized spacial score (nSPS) is 22.0. The SMILES string of the molecule is C[C@@H]1OCc2c1c(N)nc1ccc(C(=O)N(Cc3ccc(C(F)(F)F)cn3)[C@@H]3CCC[C@@H](O)C3)cc21. The summed E-state index contributed by atoms with van der Waals surface area (Å²) in [5, 5.41) is 11.0. The molecule has 1 aliphatic heterocycles. The van der Waals surface area contributed by atoms with Crippen molar-refractivity contribution < 1.29 is 27.8 Å². The summed E-state index contributed by atoms with van der Waals surface area (Å²) in [5.74, 6) is 0.128. The minimum Gasteiger partial charge on any atom is -0.393 e. The Balaban J connectivity index is 1.50. The van der Waals surface area contributed by atoms with Crippen LogP contribution in [0.25, 0.3) is 10.9 Å². The van der Waals surface area contributed by atoms with E-state index in [-0.39, 0.29) is 24.6 Å². The van der Waals surface area contributed by atoms with Crippen LogP contribution >= 0.6 is 0 Å². The van der Waals surface area contributed by atoms with E-state index in [2.05, 4.69) is 9.97 Å². The Labute approximate surface area is 206 Å². The van der Waals surface area contributed by atoms with E-state index < -0.39 is 17.8 Å². The molecule has 1 aliphatic carbocycles. The van der Waals surface area contributed by atoms with Gasteiger partial charge in [-0.15, -0.1) is 0 Å². The molecule has 3 heterocycles. The Kier molecular flexibility index (Phi) is 6.34. The van der Waals surface area contributed by atoms with Gasteiger partial charge in [-0.3, -0.25) is 9.78 Å². The first-order valence-electron chi connectivity index (χ1n) is 12.0. The number of alkyl halides is 3. The second-order valence-corrected chi connectivity index (χ2v) is 9.52. The van der Waals surface area contributed by atoms with Gasteiger partial charge in [0.2, 0.25) is 0 Å². The number of nitrogen functional groups attached to an aromatic ring is 1. The number of carbonyl (C=O) groups excluding carboxylic acids is 1. The molecule has 2 aliphatic rings. The van der Waals surface area contributed by atoms with Gasteiger partial charge in [0.05, 0.1) is 42.1 Å². The molecule has 0 radical (unpaired) electrons. The van der Waals surface area contributed by atoms with Crippen LogP contribution in [0, 0.1) is 0 Å². The van der Waals surface area contributed by atoms with Crippen molar-refractivity contribution in [3.63, 3.8) is 0 Å². The second-order valence-electron chi connectivity index (χ2n) is 9.52. The number of ether oxygens (including phenoxy) is 1. The predicted octanol–water partition coefficient (Wildman–Crippen LogP) is 4.77. The van der Waals surface area contributed by atoms with Crippen LogP contribution in [-0.4, -0.2) is 38.0 Å². The van der Waals surface area contributed by atoms with Crippen LogP contribution in [0.1, 0.15) is 71.5 Å². The maximum absolute atomic E-state index is 13.8. The number of benzene rings is 1. The number of hydrogen-bond acceptors (Lipinski definition) is 6. The van der Waals surface area contributed by atoms with E-state index >= 15 is 0 Å². The summed E-state index contributed by atoms with van der Waals surface area (Å²) in [5.41, 5.74) is 8.45. The Hall–Kier alpha value is -3.24. The minimum atomic E-state index is -4.49.